The molecule has 26 heavy (non-hydrogen) atoms. The maximum Gasteiger partial charge on any atom is 0.308 e. The average molecular weight is 353 g/mol. The van der Waals surface area contributed by atoms with Gasteiger partial charge in [-0.25, -0.2) is 0 Å². The Morgan fingerprint density at radius 1 is 1.08 bits per heavy atom. The Hall–Kier alpha value is -3.28. The first kappa shape index (κ1) is 17.5. The Morgan fingerprint density at radius 3 is 2.27 bits per heavy atom. The minimum Gasteiger partial charge on any atom is -0.493 e. The van der Waals surface area contributed by atoms with Gasteiger partial charge in [0.1, 0.15) is 0 Å². The number of ether oxygens (including phenoxy) is 3. The van der Waals surface area contributed by atoms with Crippen LogP contribution in [0, 0.1) is 0 Å². The smallest absolute Gasteiger partial charge is 0.308 e. The fourth-order valence-electron chi connectivity index (χ4n) is 2.93. The molecule has 0 saturated carbocycles. The van der Waals surface area contributed by atoms with Crippen LogP contribution >= 0.6 is 0 Å². The normalized spacial score (nSPS) is 14.4. The third-order valence-electron chi connectivity index (χ3n) is 4.13. The third kappa shape index (κ3) is 3.01. The lowest BCUT2D eigenvalue weighted by atomic mass is 10.0. The molecular weight excluding hydrogens is 334 g/mol. The summed E-state index contributed by atoms with van der Waals surface area (Å²) in [6, 6.07) is 11.0. The van der Waals surface area contributed by atoms with Crippen LogP contribution in [0.2, 0.25) is 0 Å². The maximum absolute atomic E-state index is 12.6. The lowest BCUT2D eigenvalue weighted by molar-refractivity contribution is -0.132. The SMILES string of the molecule is COc1cc(C=C2C(=O)N(C)c3ccccc32)cc(OC)c1OC(C)=O. The molecule has 0 N–H and O–H groups in total. The summed E-state index contributed by atoms with van der Waals surface area (Å²) in [5.74, 6) is 0.333. The lowest BCUT2D eigenvalue weighted by Gasteiger charge is -2.13. The number of nitrogens with zero attached hydrogens (tertiary/aromatic N) is 1. The van der Waals surface area contributed by atoms with E-state index in [4.69, 9.17) is 14.2 Å². The maximum atomic E-state index is 12.6. The van der Waals surface area contributed by atoms with Crippen molar-refractivity contribution in [3.63, 3.8) is 0 Å². The minimum atomic E-state index is -0.478. The van der Waals surface area contributed by atoms with Crippen LogP contribution in [-0.4, -0.2) is 33.1 Å². The number of fused-ring (bicyclic) bond motifs is 1. The Morgan fingerprint density at radius 2 is 1.69 bits per heavy atom. The van der Waals surface area contributed by atoms with Crippen LogP contribution in [-0.2, 0) is 9.59 Å². The Kier molecular flexibility index (Phi) is 4.67. The molecule has 6 heteroatoms. The van der Waals surface area contributed by atoms with E-state index in [9.17, 15) is 9.59 Å². The summed E-state index contributed by atoms with van der Waals surface area (Å²) in [4.78, 5) is 25.6. The van der Waals surface area contributed by atoms with Gasteiger partial charge in [0.25, 0.3) is 5.91 Å². The van der Waals surface area contributed by atoms with Gasteiger partial charge in [-0.05, 0) is 29.8 Å². The highest BCUT2D eigenvalue weighted by Gasteiger charge is 2.29. The van der Waals surface area contributed by atoms with Crippen LogP contribution in [0.15, 0.2) is 36.4 Å². The summed E-state index contributed by atoms with van der Waals surface area (Å²) < 4.78 is 15.9. The highest BCUT2D eigenvalue weighted by atomic mass is 16.6. The van der Waals surface area contributed by atoms with Gasteiger partial charge in [0.2, 0.25) is 5.75 Å². The molecule has 0 saturated heterocycles. The number of hydrogen-bond donors (Lipinski definition) is 0. The van der Waals surface area contributed by atoms with Crippen LogP contribution in [0.25, 0.3) is 11.6 Å². The predicted molar refractivity (Wildman–Crippen MR) is 98.6 cm³/mol. The zero-order chi connectivity index (χ0) is 18.8. The summed E-state index contributed by atoms with van der Waals surface area (Å²) in [5.41, 5.74) is 3.00. The molecule has 134 valence electrons. The van der Waals surface area contributed by atoms with Crippen molar-refractivity contribution in [3.8, 4) is 17.2 Å². The summed E-state index contributed by atoms with van der Waals surface area (Å²) in [5, 5.41) is 0. The fourth-order valence-corrected chi connectivity index (χ4v) is 2.93. The summed E-state index contributed by atoms with van der Waals surface area (Å²) in [6.45, 7) is 1.30. The second-order valence-corrected chi connectivity index (χ2v) is 5.79. The molecule has 0 spiro atoms. The third-order valence-corrected chi connectivity index (χ3v) is 4.13. The van der Waals surface area contributed by atoms with E-state index in [1.165, 1.54) is 21.1 Å². The second-order valence-electron chi connectivity index (χ2n) is 5.79. The molecule has 1 amide bonds. The molecular formula is C20H19NO5. The van der Waals surface area contributed by atoms with E-state index in [1.54, 1.807) is 30.2 Å². The minimum absolute atomic E-state index is 0.0896. The van der Waals surface area contributed by atoms with Gasteiger partial charge in [-0.15, -0.1) is 0 Å². The van der Waals surface area contributed by atoms with E-state index >= 15 is 0 Å². The molecule has 0 atom stereocenters. The Balaban J connectivity index is 2.12. The molecule has 0 aromatic heterocycles. The number of carbonyl (C=O) groups is 2. The zero-order valence-electron chi connectivity index (χ0n) is 15.0. The van der Waals surface area contributed by atoms with Crippen molar-refractivity contribution in [3.05, 3.63) is 47.5 Å². The number of methoxy groups -OCH3 is 2. The van der Waals surface area contributed by atoms with Gasteiger partial charge in [-0.2, -0.15) is 0 Å². The summed E-state index contributed by atoms with van der Waals surface area (Å²) >= 11 is 0. The van der Waals surface area contributed by atoms with Crippen molar-refractivity contribution >= 4 is 29.2 Å². The molecule has 1 aliphatic heterocycles. The van der Waals surface area contributed by atoms with Crippen molar-refractivity contribution in [1.82, 2.24) is 0 Å². The van der Waals surface area contributed by atoms with Gasteiger partial charge in [0.15, 0.2) is 11.5 Å². The van der Waals surface area contributed by atoms with E-state index < -0.39 is 5.97 Å². The van der Waals surface area contributed by atoms with Gasteiger partial charge in [0, 0.05) is 25.1 Å². The van der Waals surface area contributed by atoms with E-state index in [1.807, 2.05) is 24.3 Å². The van der Waals surface area contributed by atoms with Crippen molar-refractivity contribution < 1.29 is 23.8 Å². The van der Waals surface area contributed by atoms with Crippen LogP contribution in [0.3, 0.4) is 0 Å². The lowest BCUT2D eigenvalue weighted by Crippen LogP contribution is -2.20. The molecule has 2 aromatic rings. The van der Waals surface area contributed by atoms with Crippen LogP contribution in [0.1, 0.15) is 18.1 Å². The van der Waals surface area contributed by atoms with Crippen LogP contribution in [0.4, 0.5) is 5.69 Å². The van der Waals surface area contributed by atoms with Crippen molar-refractivity contribution in [1.29, 1.82) is 0 Å². The molecule has 0 unspecified atom stereocenters. The first-order chi connectivity index (χ1) is 12.5. The molecule has 0 aliphatic carbocycles. The quantitative estimate of drug-likeness (QED) is 0.480. The number of esters is 1. The molecule has 0 bridgehead atoms. The second kappa shape index (κ2) is 6.92. The number of hydrogen-bond acceptors (Lipinski definition) is 5. The molecule has 3 rings (SSSR count). The number of benzene rings is 2. The molecule has 0 fully saturated rings. The first-order valence-corrected chi connectivity index (χ1v) is 8.00. The topological polar surface area (TPSA) is 65.1 Å². The number of rotatable bonds is 4. The van der Waals surface area contributed by atoms with Gasteiger partial charge in [-0.3, -0.25) is 9.59 Å². The van der Waals surface area contributed by atoms with Gasteiger partial charge in [0.05, 0.1) is 19.9 Å². The zero-order valence-corrected chi connectivity index (χ0v) is 15.0. The van der Waals surface area contributed by atoms with Gasteiger partial charge < -0.3 is 19.1 Å². The first-order valence-electron chi connectivity index (χ1n) is 8.00. The van der Waals surface area contributed by atoms with Crippen molar-refractivity contribution in [2.75, 3.05) is 26.2 Å². The summed E-state index contributed by atoms with van der Waals surface area (Å²) in [7, 11) is 4.69. The highest BCUT2D eigenvalue weighted by Crippen LogP contribution is 2.41. The largest absolute Gasteiger partial charge is 0.493 e. The average Bonchev–Trinajstić information content (AvgIpc) is 2.87. The number of anilines is 1. The van der Waals surface area contributed by atoms with Gasteiger partial charge in [-0.1, -0.05) is 18.2 Å². The van der Waals surface area contributed by atoms with E-state index in [-0.39, 0.29) is 11.7 Å². The number of likely N-dealkylation sites (N-methyl/N-ethyl adjacent to an activating group) is 1. The predicted octanol–water partition coefficient (Wildman–Crippen LogP) is 3.15. The highest BCUT2D eigenvalue weighted by molar-refractivity contribution is 6.35. The van der Waals surface area contributed by atoms with E-state index in [2.05, 4.69) is 0 Å². The van der Waals surface area contributed by atoms with Gasteiger partial charge >= 0.3 is 5.97 Å². The Bertz CT molecular complexity index is 891. The van der Waals surface area contributed by atoms with Crippen molar-refractivity contribution in [2.45, 2.75) is 6.92 Å². The summed E-state index contributed by atoms with van der Waals surface area (Å²) in [6.07, 6.45) is 1.77. The van der Waals surface area contributed by atoms with Crippen LogP contribution < -0.4 is 19.1 Å². The standard InChI is InChI=1S/C20H19NO5/c1-12(22)26-19-17(24-3)10-13(11-18(19)25-4)9-15-14-7-5-6-8-16(14)21(2)20(15)23/h5-11H,1-4H3. The molecule has 0 radical (unpaired) electrons. The number of carbonyl (C=O) groups excluding carboxylic acids is 2. The van der Waals surface area contributed by atoms with E-state index in [0.29, 0.717) is 22.6 Å². The number of para-hydroxylation sites is 1. The molecule has 6 nitrogen and oxygen atoms in total. The van der Waals surface area contributed by atoms with Crippen LogP contribution in [0.5, 0.6) is 17.2 Å². The molecule has 1 heterocycles. The Labute approximate surface area is 151 Å². The molecule has 2 aromatic carbocycles. The fraction of sp³-hybridized carbons (Fsp3) is 0.200. The van der Waals surface area contributed by atoms with Crippen molar-refractivity contribution in [2.24, 2.45) is 0 Å². The number of amides is 1. The molecule has 1 aliphatic rings. The van der Waals surface area contributed by atoms with E-state index in [0.717, 1.165) is 11.3 Å². The monoisotopic (exact) mass is 353 g/mol.